The Morgan fingerprint density at radius 2 is 2.40 bits per heavy atom. The number of aliphatic imine (C=N–C) groups is 1. The summed E-state index contributed by atoms with van der Waals surface area (Å²) in [4.78, 5) is 4.31. The third kappa shape index (κ3) is 2.03. The second-order valence-corrected chi connectivity index (χ2v) is 3.27. The fourth-order valence-corrected chi connectivity index (χ4v) is 1.52. The number of phenolic OH excluding ortho intramolecular Hbond substituents is 1. The maximum Gasteiger partial charge on any atom is 0.161 e. The highest BCUT2D eigenvalue weighted by molar-refractivity contribution is 6.00. The van der Waals surface area contributed by atoms with Gasteiger partial charge < -0.3 is 15.2 Å². The zero-order valence-corrected chi connectivity index (χ0v) is 8.66. The van der Waals surface area contributed by atoms with Crippen LogP contribution in [0.3, 0.4) is 0 Å². The van der Waals surface area contributed by atoms with Crippen molar-refractivity contribution in [2.45, 2.75) is 6.92 Å². The number of phenols is 1. The van der Waals surface area contributed by atoms with Crippen LogP contribution in [0.25, 0.3) is 0 Å². The first kappa shape index (κ1) is 9.83. The van der Waals surface area contributed by atoms with Gasteiger partial charge >= 0.3 is 0 Å². The van der Waals surface area contributed by atoms with Gasteiger partial charge in [-0.15, -0.1) is 0 Å². The Kier molecular flexibility index (Phi) is 2.76. The molecule has 1 aromatic carbocycles. The van der Waals surface area contributed by atoms with E-state index in [0.717, 1.165) is 24.5 Å². The summed E-state index contributed by atoms with van der Waals surface area (Å²) in [5.41, 5.74) is 0.953. The quantitative estimate of drug-likeness (QED) is 0.779. The van der Waals surface area contributed by atoms with Crippen molar-refractivity contribution in [2.75, 3.05) is 19.7 Å². The molecule has 0 spiro atoms. The highest BCUT2D eigenvalue weighted by Gasteiger charge is 2.10. The lowest BCUT2D eigenvalue weighted by Gasteiger charge is -2.08. The van der Waals surface area contributed by atoms with E-state index in [9.17, 15) is 5.11 Å². The zero-order valence-electron chi connectivity index (χ0n) is 8.66. The van der Waals surface area contributed by atoms with Gasteiger partial charge in [-0.3, -0.25) is 4.99 Å². The summed E-state index contributed by atoms with van der Waals surface area (Å²) in [6, 6.07) is 5.26. The van der Waals surface area contributed by atoms with Crippen molar-refractivity contribution in [1.82, 2.24) is 5.32 Å². The summed E-state index contributed by atoms with van der Waals surface area (Å²) in [7, 11) is 0. The van der Waals surface area contributed by atoms with Crippen LogP contribution in [-0.2, 0) is 0 Å². The van der Waals surface area contributed by atoms with Crippen LogP contribution in [0.15, 0.2) is 23.2 Å². The van der Waals surface area contributed by atoms with Crippen molar-refractivity contribution in [2.24, 2.45) is 4.99 Å². The standard InChI is InChI=1S/C11H14N2O2/c1-2-15-10-7-8(3-4-9(10)14)11-12-5-6-13-11/h3-4,7,14H,2,5-6H2,1H3,(H,12,13). The summed E-state index contributed by atoms with van der Waals surface area (Å²) in [5, 5.41) is 12.7. The molecule has 0 aromatic heterocycles. The molecular formula is C11H14N2O2. The highest BCUT2D eigenvalue weighted by atomic mass is 16.5. The molecule has 2 N–H and O–H groups in total. The van der Waals surface area contributed by atoms with Crippen molar-refractivity contribution < 1.29 is 9.84 Å². The Labute approximate surface area is 88.6 Å². The number of amidine groups is 1. The summed E-state index contributed by atoms with van der Waals surface area (Å²) < 4.78 is 5.30. The van der Waals surface area contributed by atoms with Crippen LogP contribution in [0, 0.1) is 0 Å². The summed E-state index contributed by atoms with van der Waals surface area (Å²) >= 11 is 0. The van der Waals surface area contributed by atoms with Gasteiger partial charge in [0.25, 0.3) is 0 Å². The Morgan fingerprint density at radius 3 is 3.07 bits per heavy atom. The van der Waals surface area contributed by atoms with E-state index in [4.69, 9.17) is 4.74 Å². The van der Waals surface area contributed by atoms with E-state index >= 15 is 0 Å². The van der Waals surface area contributed by atoms with Crippen molar-refractivity contribution in [3.05, 3.63) is 23.8 Å². The second-order valence-electron chi connectivity index (χ2n) is 3.27. The maximum absolute atomic E-state index is 9.52. The van der Waals surface area contributed by atoms with Gasteiger partial charge in [-0.05, 0) is 25.1 Å². The maximum atomic E-state index is 9.52. The van der Waals surface area contributed by atoms with E-state index in [2.05, 4.69) is 10.3 Å². The van der Waals surface area contributed by atoms with Gasteiger partial charge in [-0.2, -0.15) is 0 Å². The minimum atomic E-state index is 0.166. The van der Waals surface area contributed by atoms with Gasteiger partial charge in [0.15, 0.2) is 11.5 Å². The summed E-state index contributed by atoms with van der Waals surface area (Å²) in [5.74, 6) is 1.54. The van der Waals surface area contributed by atoms with Gasteiger partial charge in [0.05, 0.1) is 13.2 Å². The molecule has 0 aliphatic carbocycles. The minimum Gasteiger partial charge on any atom is -0.504 e. The van der Waals surface area contributed by atoms with Crippen molar-refractivity contribution in [3.8, 4) is 11.5 Å². The molecule has 80 valence electrons. The predicted octanol–water partition coefficient (Wildman–Crippen LogP) is 1.14. The SMILES string of the molecule is CCOc1cc(C2=NCCN2)ccc1O. The molecule has 0 unspecified atom stereocenters. The fraction of sp³-hybridized carbons (Fsp3) is 0.364. The lowest BCUT2D eigenvalue weighted by atomic mass is 10.2. The van der Waals surface area contributed by atoms with E-state index in [-0.39, 0.29) is 5.75 Å². The van der Waals surface area contributed by atoms with Crippen LogP contribution in [0.1, 0.15) is 12.5 Å². The second kappa shape index (κ2) is 4.21. The lowest BCUT2D eigenvalue weighted by Crippen LogP contribution is -2.19. The average Bonchev–Trinajstić information content (AvgIpc) is 2.75. The van der Waals surface area contributed by atoms with Gasteiger partial charge in [0, 0.05) is 12.1 Å². The average molecular weight is 206 g/mol. The van der Waals surface area contributed by atoms with Gasteiger partial charge in [0.1, 0.15) is 5.84 Å². The number of hydrogen-bond acceptors (Lipinski definition) is 4. The van der Waals surface area contributed by atoms with Crippen LogP contribution in [0.5, 0.6) is 11.5 Å². The zero-order chi connectivity index (χ0) is 10.7. The molecule has 1 heterocycles. The third-order valence-corrected chi connectivity index (χ3v) is 2.21. The highest BCUT2D eigenvalue weighted by Crippen LogP contribution is 2.27. The fourth-order valence-electron chi connectivity index (χ4n) is 1.52. The Morgan fingerprint density at radius 1 is 1.53 bits per heavy atom. The van der Waals surface area contributed by atoms with E-state index in [0.29, 0.717) is 12.4 Å². The number of nitrogens with zero attached hydrogens (tertiary/aromatic N) is 1. The molecule has 0 fully saturated rings. The van der Waals surface area contributed by atoms with Crippen LogP contribution < -0.4 is 10.1 Å². The Hall–Kier alpha value is -1.71. The molecule has 1 aromatic rings. The van der Waals surface area contributed by atoms with E-state index in [1.54, 1.807) is 12.1 Å². The Bertz CT molecular complexity index is 388. The lowest BCUT2D eigenvalue weighted by molar-refractivity contribution is 0.318. The van der Waals surface area contributed by atoms with E-state index in [1.807, 2.05) is 13.0 Å². The number of ether oxygens (including phenoxy) is 1. The molecule has 1 aliphatic heterocycles. The van der Waals surface area contributed by atoms with Crippen LogP contribution in [0.2, 0.25) is 0 Å². The molecule has 0 saturated carbocycles. The third-order valence-electron chi connectivity index (χ3n) is 2.21. The molecule has 2 rings (SSSR count). The first-order valence-electron chi connectivity index (χ1n) is 5.05. The molecule has 0 saturated heterocycles. The number of hydrogen-bond donors (Lipinski definition) is 2. The van der Waals surface area contributed by atoms with Gasteiger partial charge in [-0.25, -0.2) is 0 Å². The van der Waals surface area contributed by atoms with Gasteiger partial charge in [-0.1, -0.05) is 0 Å². The molecule has 4 heteroatoms. The number of nitrogens with one attached hydrogen (secondary N) is 1. The van der Waals surface area contributed by atoms with E-state index in [1.165, 1.54) is 0 Å². The predicted molar refractivity (Wildman–Crippen MR) is 58.7 cm³/mol. The minimum absolute atomic E-state index is 0.166. The molecular weight excluding hydrogens is 192 g/mol. The summed E-state index contributed by atoms with van der Waals surface area (Å²) in [6.07, 6.45) is 0. The van der Waals surface area contributed by atoms with Gasteiger partial charge in [0.2, 0.25) is 0 Å². The van der Waals surface area contributed by atoms with Crippen LogP contribution >= 0.6 is 0 Å². The topological polar surface area (TPSA) is 53.8 Å². The molecule has 0 amide bonds. The van der Waals surface area contributed by atoms with Crippen LogP contribution in [-0.4, -0.2) is 30.6 Å². The van der Waals surface area contributed by atoms with E-state index < -0.39 is 0 Å². The molecule has 0 bridgehead atoms. The van der Waals surface area contributed by atoms with Crippen molar-refractivity contribution in [1.29, 1.82) is 0 Å². The van der Waals surface area contributed by atoms with Crippen LogP contribution in [0.4, 0.5) is 0 Å². The molecule has 15 heavy (non-hydrogen) atoms. The molecule has 4 nitrogen and oxygen atoms in total. The number of rotatable bonds is 3. The Balaban J connectivity index is 2.29. The normalized spacial score (nSPS) is 14.6. The molecule has 1 aliphatic rings. The summed E-state index contributed by atoms with van der Waals surface area (Å²) in [6.45, 7) is 4.11. The number of benzene rings is 1. The largest absolute Gasteiger partial charge is 0.504 e. The number of aromatic hydroxyl groups is 1. The monoisotopic (exact) mass is 206 g/mol. The van der Waals surface area contributed by atoms with Crippen molar-refractivity contribution in [3.63, 3.8) is 0 Å². The first-order chi connectivity index (χ1) is 7.31. The first-order valence-corrected chi connectivity index (χ1v) is 5.05. The van der Waals surface area contributed by atoms with Crippen molar-refractivity contribution >= 4 is 5.84 Å². The molecule has 0 atom stereocenters. The molecule has 0 radical (unpaired) electrons. The smallest absolute Gasteiger partial charge is 0.161 e.